The highest BCUT2D eigenvalue weighted by atomic mass is 32.2. The molecule has 1 saturated carbocycles. The van der Waals surface area contributed by atoms with Gasteiger partial charge in [0, 0.05) is 31.0 Å². The van der Waals surface area contributed by atoms with E-state index in [2.05, 4.69) is 15.0 Å². The summed E-state index contributed by atoms with van der Waals surface area (Å²) in [4.78, 5) is 0.743. The van der Waals surface area contributed by atoms with Crippen molar-refractivity contribution in [2.75, 3.05) is 23.3 Å². The number of anilines is 2. The smallest absolute Gasteiger partial charge is 0.353 e. The first-order valence-electron chi connectivity index (χ1n) is 9.16. The Morgan fingerprint density at radius 3 is 2.61 bits per heavy atom. The molecule has 6 nitrogen and oxygen atoms in total. The SMILES string of the molecule is O=S1(=O)N=C(C2CC2)Nc2c(N3[C@@H]4CNC[C@@H](C4)[C@@H]3C(F)(F)F)cc(F)cc21. The number of piperidine rings is 1. The Morgan fingerprint density at radius 2 is 1.93 bits per heavy atom. The van der Waals surface area contributed by atoms with Crippen molar-refractivity contribution in [1.82, 2.24) is 5.32 Å². The molecule has 0 aromatic heterocycles. The van der Waals surface area contributed by atoms with Crippen LogP contribution in [0.3, 0.4) is 0 Å². The van der Waals surface area contributed by atoms with Crippen LogP contribution in [0, 0.1) is 17.7 Å². The van der Waals surface area contributed by atoms with E-state index in [1.807, 2.05) is 0 Å². The third kappa shape index (κ3) is 2.78. The second-order valence-corrected chi connectivity index (χ2v) is 9.42. The van der Waals surface area contributed by atoms with Gasteiger partial charge in [0.15, 0.2) is 0 Å². The lowest BCUT2D eigenvalue weighted by atomic mass is 9.96. The van der Waals surface area contributed by atoms with Crippen LogP contribution in [0.2, 0.25) is 0 Å². The summed E-state index contributed by atoms with van der Waals surface area (Å²) in [5, 5.41) is 5.91. The highest BCUT2D eigenvalue weighted by Gasteiger charge is 2.57. The topological polar surface area (TPSA) is 73.8 Å². The highest BCUT2D eigenvalue weighted by Crippen LogP contribution is 2.49. The summed E-state index contributed by atoms with van der Waals surface area (Å²) in [6.07, 6.45) is -2.68. The minimum Gasteiger partial charge on any atom is -0.353 e. The Morgan fingerprint density at radius 1 is 1.18 bits per heavy atom. The van der Waals surface area contributed by atoms with Crippen molar-refractivity contribution in [3.63, 3.8) is 0 Å². The monoisotopic (exact) mass is 418 g/mol. The van der Waals surface area contributed by atoms with Gasteiger partial charge in [0.1, 0.15) is 22.6 Å². The molecule has 152 valence electrons. The Kier molecular flexibility index (Phi) is 3.77. The molecule has 1 aromatic carbocycles. The average Bonchev–Trinajstić information content (AvgIpc) is 3.40. The van der Waals surface area contributed by atoms with Crippen LogP contribution >= 0.6 is 0 Å². The molecular weight excluding hydrogens is 400 g/mol. The van der Waals surface area contributed by atoms with Gasteiger partial charge < -0.3 is 15.5 Å². The van der Waals surface area contributed by atoms with E-state index >= 15 is 0 Å². The van der Waals surface area contributed by atoms with Crippen LogP contribution in [0.5, 0.6) is 0 Å². The van der Waals surface area contributed by atoms with Gasteiger partial charge >= 0.3 is 6.18 Å². The summed E-state index contributed by atoms with van der Waals surface area (Å²) < 4.78 is 85.0. The average molecular weight is 418 g/mol. The molecular formula is C17H18F4N4O2S. The lowest BCUT2D eigenvalue weighted by Gasteiger charge is -2.35. The molecule has 2 saturated heterocycles. The molecule has 0 spiro atoms. The number of amidine groups is 1. The van der Waals surface area contributed by atoms with Crippen molar-refractivity contribution in [2.45, 2.75) is 42.4 Å². The maximum atomic E-state index is 14.3. The minimum atomic E-state index is -4.52. The summed E-state index contributed by atoms with van der Waals surface area (Å²) in [6, 6.07) is -0.483. The van der Waals surface area contributed by atoms with E-state index in [1.165, 1.54) is 0 Å². The molecule has 0 radical (unpaired) electrons. The van der Waals surface area contributed by atoms with Crippen molar-refractivity contribution < 1.29 is 26.0 Å². The number of sulfonamides is 1. The molecule has 2 N–H and O–H groups in total. The van der Waals surface area contributed by atoms with Gasteiger partial charge in [-0.3, -0.25) is 0 Å². The zero-order chi connectivity index (χ0) is 19.8. The molecule has 0 unspecified atom stereocenters. The summed E-state index contributed by atoms with van der Waals surface area (Å²) in [5.74, 6) is -1.41. The predicted octanol–water partition coefficient (Wildman–Crippen LogP) is 2.48. The fourth-order valence-electron chi connectivity index (χ4n) is 4.59. The maximum absolute atomic E-state index is 14.3. The molecule has 3 fully saturated rings. The molecule has 1 aromatic rings. The molecule has 28 heavy (non-hydrogen) atoms. The largest absolute Gasteiger partial charge is 0.409 e. The standard InChI is InChI=1S/C17H18F4N4O2S/c18-10-4-12(25-11-3-9(6-22-7-11)15(25)17(19,20)21)14-13(5-10)28(26,27)24-16(23-14)8-1-2-8/h4-5,8-9,11,15,22H,1-3,6-7H2,(H,23,24)/t9-,11+,15-/m1/s1. The maximum Gasteiger partial charge on any atom is 0.409 e. The van der Waals surface area contributed by atoms with Gasteiger partial charge in [-0.05, 0) is 31.4 Å². The number of hydrogen-bond acceptors (Lipinski definition) is 5. The van der Waals surface area contributed by atoms with E-state index in [9.17, 15) is 26.0 Å². The number of hydrogen-bond donors (Lipinski definition) is 2. The summed E-state index contributed by atoms with van der Waals surface area (Å²) in [7, 11) is -4.18. The summed E-state index contributed by atoms with van der Waals surface area (Å²) >= 11 is 0. The van der Waals surface area contributed by atoms with Gasteiger partial charge in [-0.1, -0.05) is 0 Å². The van der Waals surface area contributed by atoms with Crippen molar-refractivity contribution in [1.29, 1.82) is 0 Å². The van der Waals surface area contributed by atoms with Crippen LogP contribution in [0.1, 0.15) is 19.3 Å². The first-order valence-corrected chi connectivity index (χ1v) is 10.6. The Bertz CT molecular complexity index is 974. The van der Waals surface area contributed by atoms with E-state index in [0.29, 0.717) is 13.0 Å². The van der Waals surface area contributed by atoms with Gasteiger partial charge in [-0.2, -0.15) is 21.6 Å². The Labute approximate surface area is 159 Å². The van der Waals surface area contributed by atoms with E-state index < -0.39 is 44.9 Å². The second kappa shape index (κ2) is 5.82. The fourth-order valence-corrected chi connectivity index (χ4v) is 5.82. The van der Waals surface area contributed by atoms with Crippen molar-refractivity contribution in [3.05, 3.63) is 17.9 Å². The zero-order valence-corrected chi connectivity index (χ0v) is 15.4. The third-order valence-electron chi connectivity index (χ3n) is 5.87. The van der Waals surface area contributed by atoms with Crippen molar-refractivity contribution in [2.24, 2.45) is 16.2 Å². The van der Waals surface area contributed by atoms with Crippen molar-refractivity contribution >= 4 is 27.2 Å². The number of halogens is 4. The lowest BCUT2D eigenvalue weighted by molar-refractivity contribution is -0.154. The number of alkyl halides is 3. The lowest BCUT2D eigenvalue weighted by Crippen LogP contribution is -2.47. The fraction of sp³-hybridized carbons (Fsp3) is 0.588. The van der Waals surface area contributed by atoms with E-state index in [-0.39, 0.29) is 29.7 Å². The summed E-state index contributed by atoms with van der Waals surface area (Å²) in [6.45, 7) is 0.542. The van der Waals surface area contributed by atoms with Crippen LogP contribution in [-0.2, 0) is 10.0 Å². The zero-order valence-electron chi connectivity index (χ0n) is 14.6. The quantitative estimate of drug-likeness (QED) is 0.722. The Hall–Kier alpha value is -1.88. The van der Waals surface area contributed by atoms with Gasteiger partial charge in [0.25, 0.3) is 10.0 Å². The minimum absolute atomic E-state index is 0.0000926. The van der Waals surface area contributed by atoms with E-state index in [1.54, 1.807) is 0 Å². The predicted molar refractivity (Wildman–Crippen MR) is 94.5 cm³/mol. The van der Waals surface area contributed by atoms with E-state index in [4.69, 9.17) is 0 Å². The first-order chi connectivity index (χ1) is 13.1. The molecule has 0 amide bonds. The van der Waals surface area contributed by atoms with Crippen LogP contribution in [0.15, 0.2) is 21.4 Å². The van der Waals surface area contributed by atoms with Crippen LogP contribution in [0.4, 0.5) is 28.9 Å². The molecule has 3 atom stereocenters. The number of fused-ring (bicyclic) bond motifs is 3. The number of nitrogens with one attached hydrogen (secondary N) is 2. The number of nitrogens with zero attached hydrogens (tertiary/aromatic N) is 2. The van der Waals surface area contributed by atoms with Crippen molar-refractivity contribution in [3.8, 4) is 0 Å². The van der Waals surface area contributed by atoms with Gasteiger partial charge in [0.05, 0.1) is 11.4 Å². The van der Waals surface area contributed by atoms with E-state index in [0.717, 1.165) is 29.9 Å². The molecule has 2 bridgehead atoms. The van der Waals surface area contributed by atoms with Gasteiger partial charge in [-0.25, -0.2) is 4.39 Å². The molecule has 1 aliphatic carbocycles. The highest BCUT2D eigenvalue weighted by molar-refractivity contribution is 7.90. The van der Waals surface area contributed by atoms with Crippen LogP contribution in [0.25, 0.3) is 0 Å². The number of benzene rings is 1. The first kappa shape index (κ1) is 18.2. The molecule has 3 aliphatic heterocycles. The normalized spacial score (nSPS) is 31.2. The third-order valence-corrected chi connectivity index (χ3v) is 7.19. The molecule has 11 heteroatoms. The molecule has 3 heterocycles. The Balaban J connectivity index is 1.68. The molecule has 5 rings (SSSR count). The van der Waals surface area contributed by atoms with Crippen LogP contribution in [-0.4, -0.2) is 45.6 Å². The van der Waals surface area contributed by atoms with Gasteiger partial charge in [-0.15, -0.1) is 4.40 Å². The number of rotatable bonds is 2. The molecule has 4 aliphatic rings. The van der Waals surface area contributed by atoms with Gasteiger partial charge in [0.2, 0.25) is 0 Å². The second-order valence-electron chi connectivity index (χ2n) is 7.85. The van der Waals surface area contributed by atoms with Crippen LogP contribution < -0.4 is 15.5 Å². The summed E-state index contributed by atoms with van der Waals surface area (Å²) in [5.41, 5.74) is -0.0646.